The molecule has 122 valence electrons. The number of nitrogens with zero attached hydrogens (tertiary/aromatic N) is 2. The van der Waals surface area contributed by atoms with Crippen molar-refractivity contribution in [1.29, 1.82) is 0 Å². The van der Waals surface area contributed by atoms with Crippen LogP contribution >= 0.6 is 0 Å². The predicted molar refractivity (Wildman–Crippen MR) is 86.6 cm³/mol. The van der Waals surface area contributed by atoms with Gasteiger partial charge in [0.15, 0.2) is 11.5 Å². The zero-order valence-electron chi connectivity index (χ0n) is 13.8. The standard InChI is InChI=1S/C16H25N3O3/c1-18-7-5-12(6-8-18)19(2)16(20)11-9-13(17)15(22-4)14(10-11)21-3/h9-10,12H,5-8,17H2,1-4H3. The van der Waals surface area contributed by atoms with Crippen LogP contribution in [0, 0.1) is 0 Å². The fraction of sp³-hybridized carbons (Fsp3) is 0.562. The molecule has 0 aromatic heterocycles. The third-order valence-corrected chi connectivity index (χ3v) is 4.31. The van der Waals surface area contributed by atoms with Crippen molar-refractivity contribution < 1.29 is 14.3 Å². The van der Waals surface area contributed by atoms with Crippen LogP contribution in [-0.2, 0) is 0 Å². The van der Waals surface area contributed by atoms with E-state index in [9.17, 15) is 4.79 Å². The number of methoxy groups -OCH3 is 2. The zero-order valence-corrected chi connectivity index (χ0v) is 13.8. The van der Waals surface area contributed by atoms with E-state index >= 15 is 0 Å². The Hall–Kier alpha value is -1.95. The first-order chi connectivity index (χ1) is 10.5. The smallest absolute Gasteiger partial charge is 0.254 e. The number of hydrogen-bond acceptors (Lipinski definition) is 5. The third kappa shape index (κ3) is 3.27. The van der Waals surface area contributed by atoms with E-state index in [0.29, 0.717) is 22.7 Å². The molecule has 1 aromatic carbocycles. The van der Waals surface area contributed by atoms with Gasteiger partial charge in [-0.05, 0) is 45.1 Å². The maximum Gasteiger partial charge on any atom is 0.254 e. The van der Waals surface area contributed by atoms with Crippen molar-refractivity contribution in [3.8, 4) is 11.5 Å². The minimum absolute atomic E-state index is 0.0396. The summed E-state index contributed by atoms with van der Waals surface area (Å²) in [5.74, 6) is 0.894. The molecule has 1 amide bonds. The van der Waals surface area contributed by atoms with Gasteiger partial charge in [0.05, 0.1) is 19.9 Å². The van der Waals surface area contributed by atoms with Crippen LogP contribution in [0.25, 0.3) is 0 Å². The maximum absolute atomic E-state index is 12.7. The second kappa shape index (κ2) is 6.87. The zero-order chi connectivity index (χ0) is 16.3. The highest BCUT2D eigenvalue weighted by Crippen LogP contribution is 2.35. The van der Waals surface area contributed by atoms with Gasteiger partial charge in [0.1, 0.15) is 0 Å². The number of amides is 1. The number of carbonyl (C=O) groups excluding carboxylic acids is 1. The molecule has 0 aliphatic carbocycles. The van der Waals surface area contributed by atoms with Crippen molar-refractivity contribution in [3.63, 3.8) is 0 Å². The Bertz CT molecular complexity index is 540. The summed E-state index contributed by atoms with van der Waals surface area (Å²) in [6, 6.07) is 3.59. The van der Waals surface area contributed by atoms with Crippen LogP contribution in [-0.4, -0.2) is 63.2 Å². The van der Waals surface area contributed by atoms with Crippen LogP contribution in [0.4, 0.5) is 5.69 Å². The highest BCUT2D eigenvalue weighted by Gasteiger charge is 2.25. The normalized spacial score (nSPS) is 16.4. The Morgan fingerprint density at radius 1 is 1.27 bits per heavy atom. The minimum atomic E-state index is -0.0396. The highest BCUT2D eigenvalue weighted by molar-refractivity contribution is 5.96. The van der Waals surface area contributed by atoms with Crippen molar-refractivity contribution in [1.82, 2.24) is 9.80 Å². The topological polar surface area (TPSA) is 68.0 Å². The fourth-order valence-corrected chi connectivity index (χ4v) is 2.87. The van der Waals surface area contributed by atoms with Crippen molar-refractivity contribution in [2.45, 2.75) is 18.9 Å². The van der Waals surface area contributed by atoms with Gasteiger partial charge >= 0.3 is 0 Å². The van der Waals surface area contributed by atoms with Gasteiger partial charge in [-0.2, -0.15) is 0 Å². The Morgan fingerprint density at radius 3 is 2.45 bits per heavy atom. The van der Waals surface area contributed by atoms with E-state index in [-0.39, 0.29) is 11.9 Å². The number of benzene rings is 1. The number of anilines is 1. The Morgan fingerprint density at radius 2 is 1.91 bits per heavy atom. The van der Waals surface area contributed by atoms with Gasteiger partial charge in [0.2, 0.25) is 0 Å². The summed E-state index contributed by atoms with van der Waals surface area (Å²) in [7, 11) is 7.02. The molecule has 0 bridgehead atoms. The van der Waals surface area contributed by atoms with Gasteiger partial charge in [-0.25, -0.2) is 0 Å². The van der Waals surface area contributed by atoms with Gasteiger partial charge in [-0.3, -0.25) is 4.79 Å². The molecule has 2 rings (SSSR count). The summed E-state index contributed by atoms with van der Waals surface area (Å²) in [6.45, 7) is 2.02. The molecule has 6 heteroatoms. The molecular weight excluding hydrogens is 282 g/mol. The van der Waals surface area contributed by atoms with Crippen LogP contribution in [0.2, 0.25) is 0 Å². The van der Waals surface area contributed by atoms with Gasteiger partial charge in [0.25, 0.3) is 5.91 Å². The van der Waals surface area contributed by atoms with Crippen molar-refractivity contribution >= 4 is 11.6 Å². The molecule has 0 saturated carbocycles. The molecule has 0 unspecified atom stereocenters. The summed E-state index contributed by atoms with van der Waals surface area (Å²) in [4.78, 5) is 16.8. The molecule has 1 aromatic rings. The molecule has 6 nitrogen and oxygen atoms in total. The average molecular weight is 307 g/mol. The lowest BCUT2D eigenvalue weighted by atomic mass is 10.0. The van der Waals surface area contributed by atoms with Crippen molar-refractivity contribution in [2.24, 2.45) is 0 Å². The molecule has 22 heavy (non-hydrogen) atoms. The largest absolute Gasteiger partial charge is 0.493 e. The average Bonchev–Trinajstić information content (AvgIpc) is 2.53. The number of likely N-dealkylation sites (tertiary alicyclic amines) is 1. The van der Waals surface area contributed by atoms with E-state index in [4.69, 9.17) is 15.2 Å². The van der Waals surface area contributed by atoms with Gasteiger partial charge < -0.3 is 25.0 Å². The summed E-state index contributed by atoms with van der Waals surface area (Å²) < 4.78 is 10.5. The number of carbonyl (C=O) groups is 1. The van der Waals surface area contributed by atoms with Crippen LogP contribution < -0.4 is 15.2 Å². The second-order valence-electron chi connectivity index (χ2n) is 5.75. The monoisotopic (exact) mass is 307 g/mol. The first-order valence-electron chi connectivity index (χ1n) is 7.45. The summed E-state index contributed by atoms with van der Waals surface area (Å²) >= 11 is 0. The molecule has 2 N–H and O–H groups in total. The molecule has 1 aliphatic rings. The second-order valence-corrected chi connectivity index (χ2v) is 5.75. The Labute approximate surface area is 131 Å². The lowest BCUT2D eigenvalue weighted by Gasteiger charge is -2.35. The van der Waals surface area contributed by atoms with E-state index in [1.807, 2.05) is 11.9 Å². The van der Waals surface area contributed by atoms with Crippen LogP contribution in [0.15, 0.2) is 12.1 Å². The van der Waals surface area contributed by atoms with Crippen LogP contribution in [0.1, 0.15) is 23.2 Å². The molecule has 1 heterocycles. The van der Waals surface area contributed by atoms with Crippen LogP contribution in [0.5, 0.6) is 11.5 Å². The molecule has 1 saturated heterocycles. The third-order valence-electron chi connectivity index (χ3n) is 4.31. The maximum atomic E-state index is 12.7. The molecule has 0 spiro atoms. The van der Waals surface area contributed by atoms with E-state index in [1.165, 1.54) is 14.2 Å². The van der Waals surface area contributed by atoms with E-state index in [0.717, 1.165) is 25.9 Å². The van der Waals surface area contributed by atoms with Crippen molar-refractivity contribution in [2.75, 3.05) is 47.1 Å². The van der Waals surface area contributed by atoms with Crippen LogP contribution in [0.3, 0.4) is 0 Å². The van der Waals surface area contributed by atoms with E-state index in [2.05, 4.69) is 11.9 Å². The van der Waals surface area contributed by atoms with E-state index < -0.39 is 0 Å². The minimum Gasteiger partial charge on any atom is -0.493 e. The van der Waals surface area contributed by atoms with Crippen molar-refractivity contribution in [3.05, 3.63) is 17.7 Å². The summed E-state index contributed by atoms with van der Waals surface area (Å²) in [6.07, 6.45) is 1.98. The first kappa shape index (κ1) is 16.4. The number of piperidine rings is 1. The fourth-order valence-electron chi connectivity index (χ4n) is 2.87. The van der Waals surface area contributed by atoms with Gasteiger partial charge in [-0.15, -0.1) is 0 Å². The number of hydrogen-bond donors (Lipinski definition) is 1. The lowest BCUT2D eigenvalue weighted by Crippen LogP contribution is -2.44. The Balaban J connectivity index is 2.20. The molecule has 1 fully saturated rings. The molecule has 0 atom stereocenters. The summed E-state index contributed by atoms with van der Waals surface area (Å²) in [5, 5.41) is 0. The van der Waals surface area contributed by atoms with Gasteiger partial charge in [-0.1, -0.05) is 0 Å². The number of nitrogens with two attached hydrogens (primary N) is 1. The quantitative estimate of drug-likeness (QED) is 0.853. The lowest BCUT2D eigenvalue weighted by molar-refractivity contribution is 0.0659. The molecule has 1 aliphatic heterocycles. The molecular formula is C16H25N3O3. The molecule has 0 radical (unpaired) electrons. The highest BCUT2D eigenvalue weighted by atomic mass is 16.5. The predicted octanol–water partition coefficient (Wildman–Crippen LogP) is 1.45. The summed E-state index contributed by atoms with van der Waals surface area (Å²) in [5.41, 5.74) is 6.89. The SMILES string of the molecule is COc1cc(C(=O)N(C)C2CCN(C)CC2)cc(N)c1OC. The Kier molecular flexibility index (Phi) is 5.13. The first-order valence-corrected chi connectivity index (χ1v) is 7.45. The van der Waals surface area contributed by atoms with Gasteiger partial charge in [0, 0.05) is 18.7 Å². The number of rotatable bonds is 4. The number of ether oxygens (including phenoxy) is 2. The number of nitrogen functional groups attached to an aromatic ring is 1. The van der Waals surface area contributed by atoms with E-state index in [1.54, 1.807) is 12.1 Å².